The third kappa shape index (κ3) is 2.40. The molecule has 0 saturated heterocycles. The van der Waals surface area contributed by atoms with Crippen LogP contribution in [0.3, 0.4) is 0 Å². The van der Waals surface area contributed by atoms with E-state index in [1.54, 1.807) is 31.4 Å². The zero-order valence-corrected chi connectivity index (χ0v) is 12.7. The highest BCUT2D eigenvalue weighted by Crippen LogP contribution is 2.34. The Hall–Kier alpha value is -2.53. The van der Waals surface area contributed by atoms with Gasteiger partial charge in [-0.2, -0.15) is 0 Å². The van der Waals surface area contributed by atoms with Crippen molar-refractivity contribution in [2.24, 2.45) is 0 Å². The van der Waals surface area contributed by atoms with E-state index in [9.17, 15) is 4.79 Å². The Bertz CT molecular complexity index is 815. The number of carbonyl (C=O) groups excluding carboxylic acids is 1. The van der Waals surface area contributed by atoms with Gasteiger partial charge in [0.2, 0.25) is 5.78 Å². The molecular weight excluding hydrogens is 306 g/mol. The van der Waals surface area contributed by atoms with Crippen molar-refractivity contribution in [3.63, 3.8) is 0 Å². The van der Waals surface area contributed by atoms with E-state index in [4.69, 9.17) is 25.5 Å². The number of hydrogen-bond acceptors (Lipinski definition) is 5. The maximum Gasteiger partial charge on any atom is 0.229 e. The lowest BCUT2D eigenvalue weighted by Gasteiger charge is -2.06. The number of aromatic nitrogens is 1. The van der Waals surface area contributed by atoms with Crippen molar-refractivity contribution in [2.45, 2.75) is 0 Å². The monoisotopic (exact) mass is 317 g/mol. The molecule has 5 nitrogen and oxygen atoms in total. The van der Waals surface area contributed by atoms with Gasteiger partial charge >= 0.3 is 0 Å². The van der Waals surface area contributed by atoms with Crippen molar-refractivity contribution in [2.75, 3.05) is 14.2 Å². The van der Waals surface area contributed by atoms with Crippen molar-refractivity contribution in [3.8, 4) is 11.5 Å². The van der Waals surface area contributed by atoms with Gasteiger partial charge < -0.3 is 13.9 Å². The van der Waals surface area contributed by atoms with Crippen LogP contribution in [-0.4, -0.2) is 25.0 Å². The molecule has 22 heavy (non-hydrogen) atoms. The number of halogens is 1. The van der Waals surface area contributed by atoms with Gasteiger partial charge in [0.1, 0.15) is 5.58 Å². The lowest BCUT2D eigenvalue weighted by Crippen LogP contribution is -2.00. The summed E-state index contributed by atoms with van der Waals surface area (Å²) in [5.74, 6) is 0.988. The van der Waals surface area contributed by atoms with Crippen molar-refractivity contribution < 1.29 is 18.7 Å². The van der Waals surface area contributed by atoms with Crippen molar-refractivity contribution in [3.05, 3.63) is 53.0 Å². The number of hydrogen-bond donors (Lipinski definition) is 0. The van der Waals surface area contributed by atoms with Crippen LogP contribution in [0.2, 0.25) is 5.02 Å². The van der Waals surface area contributed by atoms with Gasteiger partial charge in [0, 0.05) is 29.4 Å². The number of methoxy groups -OCH3 is 2. The van der Waals surface area contributed by atoms with Crippen LogP contribution in [-0.2, 0) is 0 Å². The second kappa shape index (κ2) is 5.69. The molecule has 1 aromatic carbocycles. The minimum absolute atomic E-state index is 0.193. The molecule has 0 spiro atoms. The number of carbonyl (C=O) groups is 1. The van der Waals surface area contributed by atoms with E-state index < -0.39 is 0 Å². The van der Waals surface area contributed by atoms with E-state index in [0.29, 0.717) is 22.6 Å². The summed E-state index contributed by atoms with van der Waals surface area (Å²) in [5, 5.41) is 1.02. The number of furan rings is 1. The largest absolute Gasteiger partial charge is 0.493 e. The molecule has 112 valence electrons. The van der Waals surface area contributed by atoms with Gasteiger partial charge in [-0.25, -0.2) is 0 Å². The minimum Gasteiger partial charge on any atom is -0.493 e. The molecule has 2 aromatic heterocycles. The van der Waals surface area contributed by atoms with Crippen LogP contribution < -0.4 is 9.47 Å². The van der Waals surface area contributed by atoms with Crippen molar-refractivity contribution >= 4 is 28.4 Å². The van der Waals surface area contributed by atoms with Crippen molar-refractivity contribution in [1.82, 2.24) is 4.98 Å². The van der Waals surface area contributed by atoms with E-state index in [0.717, 1.165) is 5.39 Å². The second-order valence-electron chi connectivity index (χ2n) is 4.54. The molecule has 0 aliphatic heterocycles. The first kappa shape index (κ1) is 14.4. The molecule has 2 heterocycles. The van der Waals surface area contributed by atoms with Gasteiger partial charge in [-0.05, 0) is 18.2 Å². The molecule has 0 amide bonds. The summed E-state index contributed by atoms with van der Waals surface area (Å²) in [7, 11) is 3.09. The van der Waals surface area contributed by atoms with Gasteiger partial charge in [-0.3, -0.25) is 9.78 Å². The highest BCUT2D eigenvalue weighted by Gasteiger charge is 2.18. The highest BCUT2D eigenvalue weighted by atomic mass is 35.5. The van der Waals surface area contributed by atoms with Crippen LogP contribution in [0.25, 0.3) is 11.0 Å². The maximum atomic E-state index is 12.5. The van der Waals surface area contributed by atoms with Gasteiger partial charge in [0.05, 0.1) is 19.2 Å². The fourth-order valence-electron chi connectivity index (χ4n) is 2.17. The predicted octanol–water partition coefficient (Wildman–Crippen LogP) is 3.73. The van der Waals surface area contributed by atoms with Crippen LogP contribution >= 0.6 is 11.6 Å². The Labute approximate surface area is 131 Å². The van der Waals surface area contributed by atoms with Crippen LogP contribution in [0.15, 0.2) is 41.1 Å². The quantitative estimate of drug-likeness (QED) is 0.686. The number of nitrogens with zero attached hydrogens (tertiary/aromatic N) is 1. The summed E-state index contributed by atoms with van der Waals surface area (Å²) in [6.45, 7) is 0. The van der Waals surface area contributed by atoms with Crippen molar-refractivity contribution in [1.29, 1.82) is 0 Å². The number of ketones is 1. The third-order valence-electron chi connectivity index (χ3n) is 3.26. The first-order valence-corrected chi connectivity index (χ1v) is 6.81. The van der Waals surface area contributed by atoms with E-state index in [1.165, 1.54) is 19.5 Å². The fraction of sp³-hybridized carbons (Fsp3) is 0.125. The molecule has 0 unspecified atom stereocenters. The normalized spacial score (nSPS) is 10.7. The summed E-state index contributed by atoms with van der Waals surface area (Å²) in [5.41, 5.74) is 0.876. The van der Waals surface area contributed by atoms with E-state index in [2.05, 4.69) is 4.98 Å². The van der Waals surface area contributed by atoms with Crippen LogP contribution in [0.4, 0.5) is 0 Å². The summed E-state index contributed by atoms with van der Waals surface area (Å²) in [6, 6.07) is 6.64. The van der Waals surface area contributed by atoms with Gasteiger partial charge in [0.25, 0.3) is 0 Å². The first-order chi connectivity index (χ1) is 10.6. The molecule has 0 aliphatic rings. The highest BCUT2D eigenvalue weighted by molar-refractivity contribution is 6.34. The minimum atomic E-state index is -0.304. The van der Waals surface area contributed by atoms with Crippen LogP contribution in [0, 0.1) is 0 Å². The van der Waals surface area contributed by atoms with Crippen LogP contribution in [0.1, 0.15) is 16.1 Å². The zero-order valence-electron chi connectivity index (χ0n) is 11.9. The van der Waals surface area contributed by atoms with Gasteiger partial charge in [0.15, 0.2) is 17.3 Å². The number of pyridine rings is 1. The zero-order chi connectivity index (χ0) is 15.7. The van der Waals surface area contributed by atoms with E-state index >= 15 is 0 Å². The number of fused-ring (bicyclic) bond motifs is 1. The summed E-state index contributed by atoms with van der Waals surface area (Å²) >= 11 is 6.00. The summed E-state index contributed by atoms with van der Waals surface area (Å²) in [4.78, 5) is 16.3. The van der Waals surface area contributed by atoms with Gasteiger partial charge in [-0.1, -0.05) is 11.6 Å². The molecule has 3 aromatic rings. The van der Waals surface area contributed by atoms with Crippen LogP contribution in [0.5, 0.6) is 11.5 Å². The average Bonchev–Trinajstić information content (AvgIpc) is 2.96. The smallest absolute Gasteiger partial charge is 0.229 e. The van der Waals surface area contributed by atoms with Gasteiger partial charge in [-0.15, -0.1) is 0 Å². The Morgan fingerprint density at radius 2 is 1.91 bits per heavy atom. The molecule has 0 aliphatic carbocycles. The number of benzene rings is 1. The molecule has 0 radical (unpaired) electrons. The number of ether oxygens (including phenoxy) is 2. The molecule has 6 heteroatoms. The topological polar surface area (TPSA) is 61.6 Å². The SMILES string of the molecule is COc1cc2cc(C(=O)c3ccncc3Cl)oc2cc1OC. The van der Waals surface area contributed by atoms with E-state index in [-0.39, 0.29) is 16.6 Å². The first-order valence-electron chi connectivity index (χ1n) is 6.44. The predicted molar refractivity (Wildman–Crippen MR) is 82.0 cm³/mol. The molecule has 0 fully saturated rings. The molecule has 0 N–H and O–H groups in total. The average molecular weight is 318 g/mol. The fourth-order valence-corrected chi connectivity index (χ4v) is 2.38. The maximum absolute atomic E-state index is 12.5. The second-order valence-corrected chi connectivity index (χ2v) is 4.95. The molecule has 0 saturated carbocycles. The lowest BCUT2D eigenvalue weighted by atomic mass is 10.1. The third-order valence-corrected chi connectivity index (χ3v) is 3.56. The lowest BCUT2D eigenvalue weighted by molar-refractivity contribution is 0.101. The molecule has 3 rings (SSSR count). The Morgan fingerprint density at radius 3 is 2.59 bits per heavy atom. The Kier molecular flexibility index (Phi) is 3.73. The molecule has 0 atom stereocenters. The summed E-state index contributed by atoms with van der Waals surface area (Å²) < 4.78 is 16.1. The van der Waals surface area contributed by atoms with E-state index in [1.807, 2.05) is 0 Å². The summed E-state index contributed by atoms with van der Waals surface area (Å²) in [6.07, 6.45) is 2.93. The molecular formula is C16H12ClNO4. The number of rotatable bonds is 4. The Balaban J connectivity index is 2.09. The molecule has 0 bridgehead atoms. The Morgan fingerprint density at radius 1 is 1.18 bits per heavy atom. The standard InChI is InChI=1S/C16H12ClNO4/c1-20-13-5-9-6-15(22-12(9)7-14(13)21-2)16(19)10-3-4-18-8-11(10)17/h3-8H,1-2H3.